The van der Waals surface area contributed by atoms with Crippen molar-refractivity contribution in [2.75, 3.05) is 45.8 Å². The van der Waals surface area contributed by atoms with Gasteiger partial charge in [-0.25, -0.2) is 4.79 Å². The summed E-state index contributed by atoms with van der Waals surface area (Å²) in [6, 6.07) is 0.165. The minimum absolute atomic E-state index is 0.0304. The van der Waals surface area contributed by atoms with Crippen LogP contribution < -0.4 is 16.0 Å². The van der Waals surface area contributed by atoms with Gasteiger partial charge in [0.1, 0.15) is 0 Å². The van der Waals surface area contributed by atoms with Gasteiger partial charge in [0, 0.05) is 31.2 Å². The van der Waals surface area contributed by atoms with Crippen LogP contribution in [0.25, 0.3) is 0 Å². The average molecular weight is 635 g/mol. The van der Waals surface area contributed by atoms with Crippen molar-refractivity contribution in [1.29, 1.82) is 0 Å². The molecule has 0 radical (unpaired) electrons. The normalized spacial score (nSPS) is 24.0. The molecule has 0 spiro atoms. The van der Waals surface area contributed by atoms with Crippen LogP contribution in [0.15, 0.2) is 0 Å². The van der Waals surface area contributed by atoms with Crippen LogP contribution in [0.1, 0.15) is 104 Å². The lowest BCUT2D eigenvalue weighted by Gasteiger charge is -2.33. The number of piperidine rings is 1. The molecule has 0 aromatic rings. The lowest BCUT2D eigenvalue weighted by molar-refractivity contribution is -0.144. The molecule has 3 fully saturated rings. The summed E-state index contributed by atoms with van der Waals surface area (Å²) in [7, 11) is 0. The second-order valence-corrected chi connectivity index (χ2v) is 13.9. The first-order chi connectivity index (χ1) is 21.5. The third-order valence-corrected chi connectivity index (χ3v) is 9.60. The van der Waals surface area contributed by atoms with Gasteiger partial charge < -0.3 is 30.9 Å². The molecule has 2 unspecified atom stereocenters. The Kier molecular flexibility index (Phi) is 15.4. The van der Waals surface area contributed by atoms with Gasteiger partial charge in [-0.3, -0.25) is 24.1 Å². The van der Waals surface area contributed by atoms with Crippen LogP contribution in [-0.2, 0) is 19.2 Å². The monoisotopic (exact) mass is 634 g/mol. The molecule has 2 aliphatic carbocycles. The number of urea groups is 1. The number of carbonyl (C=O) groups is 5. The zero-order valence-corrected chi connectivity index (χ0v) is 27.9. The lowest BCUT2D eigenvalue weighted by Crippen LogP contribution is -2.52. The quantitative estimate of drug-likeness (QED) is 0.216. The Bertz CT molecular complexity index is 979. The molecule has 1 heterocycles. The molecule has 3 rings (SSSR count). The number of nitrogens with one attached hydrogen (secondary N) is 3. The van der Waals surface area contributed by atoms with Crippen LogP contribution in [0, 0.1) is 11.8 Å². The Morgan fingerprint density at radius 1 is 0.756 bits per heavy atom. The number of likely N-dealkylation sites (tertiary alicyclic amines) is 1. The number of carboxylic acids is 1. The topological polar surface area (TPSA) is 151 Å². The van der Waals surface area contributed by atoms with E-state index in [1.165, 1.54) is 16.2 Å². The molecule has 4 N–H and O–H groups in total. The summed E-state index contributed by atoms with van der Waals surface area (Å²) >= 11 is 0. The van der Waals surface area contributed by atoms with Gasteiger partial charge in [0.2, 0.25) is 17.7 Å². The summed E-state index contributed by atoms with van der Waals surface area (Å²) in [5, 5.41) is 18.6. The van der Waals surface area contributed by atoms with E-state index < -0.39 is 5.97 Å². The van der Waals surface area contributed by atoms with Crippen molar-refractivity contribution in [3.8, 4) is 0 Å². The maximum Gasteiger partial charge on any atom is 0.315 e. The summed E-state index contributed by atoms with van der Waals surface area (Å²) in [5.74, 6) is -1.08. The Hall–Kier alpha value is -2.89. The van der Waals surface area contributed by atoms with Crippen molar-refractivity contribution in [2.45, 2.75) is 122 Å². The minimum Gasteiger partial charge on any atom is -0.481 e. The molecule has 0 aromatic carbocycles. The summed E-state index contributed by atoms with van der Waals surface area (Å²) in [6.45, 7) is 8.06. The number of amides is 5. The highest BCUT2D eigenvalue weighted by molar-refractivity contribution is 5.89. The lowest BCUT2D eigenvalue weighted by atomic mass is 9.86. The first-order valence-corrected chi connectivity index (χ1v) is 17.4. The van der Waals surface area contributed by atoms with E-state index >= 15 is 0 Å². The van der Waals surface area contributed by atoms with Crippen molar-refractivity contribution in [3.63, 3.8) is 0 Å². The smallest absolute Gasteiger partial charge is 0.315 e. The third-order valence-electron chi connectivity index (χ3n) is 9.60. The molecule has 2 atom stereocenters. The third kappa shape index (κ3) is 13.6. The highest BCUT2D eigenvalue weighted by Gasteiger charge is 2.29. The maximum absolute atomic E-state index is 13.5. The zero-order valence-electron chi connectivity index (χ0n) is 27.9. The van der Waals surface area contributed by atoms with Crippen molar-refractivity contribution < 1.29 is 29.1 Å². The van der Waals surface area contributed by atoms with E-state index in [4.69, 9.17) is 0 Å². The van der Waals surface area contributed by atoms with Gasteiger partial charge >= 0.3 is 12.0 Å². The van der Waals surface area contributed by atoms with Gasteiger partial charge in [-0.2, -0.15) is 0 Å². The molecule has 0 aromatic heterocycles. The summed E-state index contributed by atoms with van der Waals surface area (Å²) in [5.41, 5.74) is 0. The fourth-order valence-corrected chi connectivity index (χ4v) is 6.66. The molecule has 3 aliphatic rings. The van der Waals surface area contributed by atoms with Crippen LogP contribution in [0.2, 0.25) is 0 Å². The van der Waals surface area contributed by atoms with Crippen molar-refractivity contribution >= 4 is 29.7 Å². The van der Waals surface area contributed by atoms with Crippen molar-refractivity contribution in [3.05, 3.63) is 0 Å². The van der Waals surface area contributed by atoms with Gasteiger partial charge in [0.05, 0.1) is 26.1 Å². The van der Waals surface area contributed by atoms with Crippen LogP contribution in [0.3, 0.4) is 0 Å². The van der Waals surface area contributed by atoms with E-state index in [0.717, 1.165) is 77.3 Å². The summed E-state index contributed by atoms with van der Waals surface area (Å²) in [6.07, 6.45) is 11.2. The number of hydrogen-bond acceptors (Lipinski definition) is 6. The summed E-state index contributed by atoms with van der Waals surface area (Å²) < 4.78 is 0. The maximum atomic E-state index is 13.5. The number of hydrogen-bond donors (Lipinski definition) is 4. The molecule has 256 valence electrons. The van der Waals surface area contributed by atoms with E-state index in [2.05, 4.69) is 27.8 Å². The molecule has 0 bridgehead atoms. The SMILES string of the molecule is CC(C)CCN(CC(=O)NC1CCC(NC(=O)NC2CCCCC2C)CC1)C(=O)CN(CCC(=O)O)C(=O)CN1CCCCC1. The number of carboxylic acid groups (broad SMARTS) is 1. The molecule has 1 saturated heterocycles. The van der Waals surface area contributed by atoms with Gasteiger partial charge in [-0.1, -0.05) is 40.0 Å². The molecule has 12 heteroatoms. The Balaban J connectivity index is 1.49. The number of aliphatic carboxylic acids is 1. The molecular weight excluding hydrogens is 576 g/mol. The first kappa shape index (κ1) is 36.6. The predicted molar refractivity (Wildman–Crippen MR) is 172 cm³/mol. The van der Waals surface area contributed by atoms with Crippen LogP contribution >= 0.6 is 0 Å². The number of nitrogens with zero attached hydrogens (tertiary/aromatic N) is 3. The Labute approximate surface area is 269 Å². The fraction of sp³-hybridized carbons (Fsp3) is 0.848. The summed E-state index contributed by atoms with van der Waals surface area (Å²) in [4.78, 5) is 68.5. The Morgan fingerprint density at radius 3 is 2.00 bits per heavy atom. The van der Waals surface area contributed by atoms with E-state index in [9.17, 15) is 29.1 Å². The van der Waals surface area contributed by atoms with Gasteiger partial charge in [-0.15, -0.1) is 0 Å². The minimum atomic E-state index is -1.03. The standard InChI is InChI=1S/C33H58N6O6/c1-24(2)15-19-38(31(42)23-39(20-16-32(43)44)30(41)22-37-17-7-4-8-18-37)21-29(40)34-26-11-13-27(14-12-26)35-33(45)36-28-10-6-5-9-25(28)3/h24-28H,4-23H2,1-3H3,(H,34,40)(H,43,44)(H2,35,36,45). The highest BCUT2D eigenvalue weighted by Crippen LogP contribution is 2.24. The van der Waals surface area contributed by atoms with Gasteiger partial charge in [0.25, 0.3) is 0 Å². The van der Waals surface area contributed by atoms with Crippen LogP contribution in [-0.4, -0.2) is 113 Å². The first-order valence-electron chi connectivity index (χ1n) is 17.4. The van der Waals surface area contributed by atoms with Gasteiger partial charge in [-0.05, 0) is 82.7 Å². The van der Waals surface area contributed by atoms with E-state index in [0.29, 0.717) is 24.8 Å². The highest BCUT2D eigenvalue weighted by atomic mass is 16.4. The second kappa shape index (κ2) is 18.9. The molecule has 2 saturated carbocycles. The van der Waals surface area contributed by atoms with Crippen LogP contribution in [0.5, 0.6) is 0 Å². The number of carbonyl (C=O) groups excluding carboxylic acids is 4. The van der Waals surface area contributed by atoms with E-state index in [1.807, 2.05) is 13.8 Å². The van der Waals surface area contributed by atoms with Gasteiger partial charge in [0.15, 0.2) is 0 Å². The molecule has 12 nitrogen and oxygen atoms in total. The van der Waals surface area contributed by atoms with Crippen molar-refractivity contribution in [2.24, 2.45) is 11.8 Å². The average Bonchev–Trinajstić information content (AvgIpc) is 2.99. The fourth-order valence-electron chi connectivity index (χ4n) is 6.66. The second-order valence-electron chi connectivity index (χ2n) is 13.9. The van der Waals surface area contributed by atoms with E-state index in [-0.39, 0.29) is 74.5 Å². The van der Waals surface area contributed by atoms with Crippen LogP contribution in [0.4, 0.5) is 4.79 Å². The predicted octanol–water partition coefficient (Wildman–Crippen LogP) is 2.96. The zero-order chi connectivity index (χ0) is 32.8. The van der Waals surface area contributed by atoms with Crippen molar-refractivity contribution in [1.82, 2.24) is 30.7 Å². The van der Waals surface area contributed by atoms with E-state index in [1.54, 1.807) is 0 Å². The molecule has 1 aliphatic heterocycles. The molecule has 5 amide bonds. The molecular formula is C33H58N6O6. The Morgan fingerprint density at radius 2 is 1.38 bits per heavy atom. The molecule has 45 heavy (non-hydrogen) atoms. The number of rotatable bonds is 15. The largest absolute Gasteiger partial charge is 0.481 e.